The molecule has 1 heterocycles. The van der Waals surface area contributed by atoms with Crippen molar-refractivity contribution >= 4 is 17.7 Å². The molecular formula is C9H17NO6S. The van der Waals surface area contributed by atoms with Crippen molar-refractivity contribution in [1.82, 2.24) is 0 Å². The van der Waals surface area contributed by atoms with E-state index in [-0.39, 0.29) is 0 Å². The van der Waals surface area contributed by atoms with Crippen LogP contribution in [0.1, 0.15) is 0 Å². The van der Waals surface area contributed by atoms with Crippen molar-refractivity contribution in [3.63, 3.8) is 0 Å². The largest absolute Gasteiger partial charge is 0.467 e. The summed E-state index contributed by atoms with van der Waals surface area (Å²) in [5.74, 6) is -0.292. The molecule has 7 nitrogen and oxygen atoms in total. The van der Waals surface area contributed by atoms with Crippen molar-refractivity contribution in [3.8, 4) is 0 Å². The lowest BCUT2D eigenvalue weighted by Gasteiger charge is -2.38. The van der Waals surface area contributed by atoms with Crippen molar-refractivity contribution in [2.45, 2.75) is 29.9 Å². The molecule has 0 saturated carbocycles. The van der Waals surface area contributed by atoms with Crippen molar-refractivity contribution in [1.29, 1.82) is 0 Å². The molecule has 1 saturated heterocycles. The van der Waals surface area contributed by atoms with Gasteiger partial charge < -0.3 is 30.5 Å². The maximum Gasteiger partial charge on any atom is 0.337 e. The Kier molecular flexibility index (Phi) is 5.63. The number of hydrogen-bond donors (Lipinski definition) is 4. The van der Waals surface area contributed by atoms with Gasteiger partial charge in [-0.05, 0) is 0 Å². The second kappa shape index (κ2) is 6.53. The molecule has 17 heavy (non-hydrogen) atoms. The predicted molar refractivity (Wildman–Crippen MR) is 60.2 cm³/mol. The smallest absolute Gasteiger partial charge is 0.337 e. The van der Waals surface area contributed by atoms with E-state index in [1.54, 1.807) is 0 Å². The number of nitrogens with two attached hydrogens (primary N) is 1. The first-order valence-electron chi connectivity index (χ1n) is 5.12. The highest BCUT2D eigenvalue weighted by molar-refractivity contribution is 7.99. The average Bonchev–Trinajstić information content (AvgIpc) is 2.34. The Morgan fingerprint density at radius 3 is 2.53 bits per heavy atom. The lowest BCUT2D eigenvalue weighted by Crippen LogP contribution is -2.59. The molecule has 1 aliphatic rings. The Hall–Kier alpha value is -0.380. The Balaban J connectivity index is 2.71. The summed E-state index contributed by atoms with van der Waals surface area (Å²) >= 11 is 1.17. The van der Waals surface area contributed by atoms with Gasteiger partial charge in [0.05, 0.1) is 7.11 Å². The number of methoxy groups -OCH3 is 1. The van der Waals surface area contributed by atoms with Gasteiger partial charge in [0.2, 0.25) is 0 Å². The van der Waals surface area contributed by atoms with Gasteiger partial charge in [-0.3, -0.25) is 0 Å². The molecule has 0 aromatic heterocycles. The normalized spacial score (nSPS) is 37.8. The Bertz CT molecular complexity index is 266. The lowest BCUT2D eigenvalue weighted by atomic mass is 10.00. The molecule has 0 unspecified atom stereocenters. The lowest BCUT2D eigenvalue weighted by molar-refractivity contribution is -0.211. The van der Waals surface area contributed by atoms with E-state index in [9.17, 15) is 20.1 Å². The molecule has 0 aliphatic carbocycles. The second-order valence-corrected chi connectivity index (χ2v) is 4.79. The summed E-state index contributed by atoms with van der Waals surface area (Å²) in [4.78, 5) is 11.3. The third kappa shape index (κ3) is 3.30. The van der Waals surface area contributed by atoms with Gasteiger partial charge in [-0.2, -0.15) is 0 Å². The highest BCUT2D eigenvalue weighted by Crippen LogP contribution is 2.28. The van der Waals surface area contributed by atoms with Crippen LogP contribution in [0, 0.1) is 0 Å². The molecule has 0 aromatic rings. The highest BCUT2D eigenvalue weighted by Gasteiger charge is 2.47. The van der Waals surface area contributed by atoms with E-state index in [0.717, 1.165) is 7.11 Å². The number of rotatable bonds is 4. The molecule has 100 valence electrons. The van der Waals surface area contributed by atoms with Gasteiger partial charge in [0.1, 0.15) is 23.7 Å². The molecule has 0 aromatic carbocycles. The van der Waals surface area contributed by atoms with Gasteiger partial charge in [-0.15, -0.1) is 11.8 Å². The van der Waals surface area contributed by atoms with Crippen LogP contribution >= 0.6 is 11.8 Å². The number of carbonyl (C=O) groups excluding carboxylic acids is 1. The first kappa shape index (κ1) is 14.7. The van der Waals surface area contributed by atoms with Gasteiger partial charge in [0.25, 0.3) is 0 Å². The number of aliphatic hydroxyl groups excluding tert-OH is 3. The van der Waals surface area contributed by atoms with Crippen LogP contribution in [0.25, 0.3) is 0 Å². The molecule has 8 heteroatoms. The summed E-state index contributed by atoms with van der Waals surface area (Å²) in [6.07, 6.45) is -5.54. The average molecular weight is 267 g/mol. The molecule has 1 rings (SSSR count). The quantitative estimate of drug-likeness (QED) is 0.418. The summed E-state index contributed by atoms with van der Waals surface area (Å²) in [6, 6.07) is 0. The summed E-state index contributed by atoms with van der Waals surface area (Å²) in [5, 5.41) is 28.8. The zero-order chi connectivity index (χ0) is 13.0. The predicted octanol–water partition coefficient (Wildman–Crippen LogP) is -2.34. The minimum Gasteiger partial charge on any atom is -0.467 e. The minimum absolute atomic E-state index is 0.374. The van der Waals surface area contributed by atoms with Crippen LogP contribution in [0.15, 0.2) is 0 Å². The second-order valence-electron chi connectivity index (χ2n) is 3.58. The molecule has 5 N–H and O–H groups in total. The molecule has 1 fully saturated rings. The first-order valence-corrected chi connectivity index (χ1v) is 6.17. The molecular weight excluding hydrogens is 250 g/mol. The number of ether oxygens (including phenoxy) is 2. The van der Waals surface area contributed by atoms with Crippen LogP contribution < -0.4 is 5.73 Å². The van der Waals surface area contributed by atoms with Crippen LogP contribution in [0.2, 0.25) is 0 Å². The number of carbonyl (C=O) groups is 1. The highest BCUT2D eigenvalue weighted by atomic mass is 32.2. The molecule has 5 atom stereocenters. The van der Waals surface area contributed by atoms with E-state index in [1.165, 1.54) is 11.8 Å². The van der Waals surface area contributed by atoms with Crippen molar-refractivity contribution in [3.05, 3.63) is 0 Å². The molecule has 0 bridgehead atoms. The summed E-state index contributed by atoms with van der Waals surface area (Å²) in [6.45, 7) is 0.374. The number of aliphatic hydroxyl groups is 3. The Labute approximate surface area is 103 Å². The van der Waals surface area contributed by atoms with Crippen LogP contribution in [0.4, 0.5) is 0 Å². The minimum atomic E-state index is -1.51. The topological polar surface area (TPSA) is 122 Å². The summed E-state index contributed by atoms with van der Waals surface area (Å²) in [5.41, 5.74) is 4.49. The maximum atomic E-state index is 11.3. The summed E-state index contributed by atoms with van der Waals surface area (Å²) in [7, 11) is 1.15. The Morgan fingerprint density at radius 2 is 2.00 bits per heavy atom. The monoisotopic (exact) mass is 267 g/mol. The van der Waals surface area contributed by atoms with Crippen LogP contribution in [-0.2, 0) is 14.3 Å². The third-order valence-corrected chi connectivity index (χ3v) is 3.59. The van der Waals surface area contributed by atoms with Gasteiger partial charge >= 0.3 is 5.97 Å². The fourth-order valence-corrected chi connectivity index (χ4v) is 2.41. The van der Waals surface area contributed by atoms with E-state index in [2.05, 4.69) is 4.74 Å². The van der Waals surface area contributed by atoms with Crippen LogP contribution in [0.5, 0.6) is 0 Å². The van der Waals surface area contributed by atoms with Gasteiger partial charge in [0, 0.05) is 12.3 Å². The van der Waals surface area contributed by atoms with Crippen LogP contribution in [0.3, 0.4) is 0 Å². The maximum absolute atomic E-state index is 11.3. The van der Waals surface area contributed by atoms with E-state index in [4.69, 9.17) is 10.5 Å². The number of thioether (sulfide) groups is 1. The Morgan fingerprint density at radius 1 is 1.35 bits per heavy atom. The molecule has 1 aliphatic heterocycles. The van der Waals surface area contributed by atoms with Crippen molar-refractivity contribution < 1.29 is 29.6 Å². The van der Waals surface area contributed by atoms with E-state index >= 15 is 0 Å². The zero-order valence-electron chi connectivity index (χ0n) is 9.35. The SMILES string of the molecule is COC(=O)[C@@H]1O[C@H](SCCN)[C@@H](O)[C@H](O)[C@H]1O. The number of esters is 1. The molecule has 0 spiro atoms. The molecule has 0 amide bonds. The zero-order valence-corrected chi connectivity index (χ0v) is 10.2. The van der Waals surface area contributed by atoms with Crippen molar-refractivity contribution in [2.24, 2.45) is 5.73 Å². The number of hydrogen-bond acceptors (Lipinski definition) is 8. The fourth-order valence-electron chi connectivity index (χ4n) is 1.48. The van der Waals surface area contributed by atoms with Gasteiger partial charge in [-0.1, -0.05) is 0 Å². The standard InChI is InChI=1S/C9H17NO6S/c1-15-8(14)7-5(12)4(11)6(13)9(16-7)17-3-2-10/h4-7,9,11-13H,2-3,10H2,1H3/t4-,5-,6+,7-,9-/m1/s1. The van der Waals surface area contributed by atoms with Gasteiger partial charge in [-0.25, -0.2) is 4.79 Å². The fraction of sp³-hybridized carbons (Fsp3) is 0.889. The van der Waals surface area contributed by atoms with E-state index in [0.29, 0.717) is 12.3 Å². The summed E-state index contributed by atoms with van der Waals surface area (Å²) < 4.78 is 9.65. The first-order chi connectivity index (χ1) is 8.02. The van der Waals surface area contributed by atoms with Crippen LogP contribution in [-0.4, -0.2) is 70.5 Å². The molecule has 0 radical (unpaired) electrons. The van der Waals surface area contributed by atoms with Crippen molar-refractivity contribution in [2.75, 3.05) is 19.4 Å². The van der Waals surface area contributed by atoms with E-state index < -0.39 is 35.8 Å². The van der Waals surface area contributed by atoms with Gasteiger partial charge in [0.15, 0.2) is 6.10 Å². The third-order valence-electron chi connectivity index (χ3n) is 2.40. The van der Waals surface area contributed by atoms with E-state index in [1.807, 2.05) is 0 Å².